The van der Waals surface area contributed by atoms with Crippen molar-refractivity contribution in [2.24, 2.45) is 5.41 Å². The lowest BCUT2D eigenvalue weighted by molar-refractivity contribution is -0.149. The highest BCUT2D eigenvalue weighted by atomic mass is 16.4. The SMILES string of the molecule is O=CNCC1(C(=O)O)CCCCCC1. The number of amides is 1. The van der Waals surface area contributed by atoms with Crippen LogP contribution in [0.1, 0.15) is 38.5 Å². The lowest BCUT2D eigenvalue weighted by atomic mass is 9.80. The molecule has 4 nitrogen and oxygen atoms in total. The van der Waals surface area contributed by atoms with E-state index in [9.17, 15) is 14.7 Å². The van der Waals surface area contributed by atoms with Crippen molar-refractivity contribution >= 4 is 12.4 Å². The first-order chi connectivity index (χ1) is 6.71. The first-order valence-corrected chi connectivity index (χ1v) is 5.12. The van der Waals surface area contributed by atoms with Crippen molar-refractivity contribution in [1.82, 2.24) is 5.32 Å². The number of nitrogens with one attached hydrogen (secondary N) is 1. The summed E-state index contributed by atoms with van der Waals surface area (Å²) >= 11 is 0. The largest absolute Gasteiger partial charge is 0.481 e. The molecule has 14 heavy (non-hydrogen) atoms. The Morgan fingerprint density at radius 3 is 2.29 bits per heavy atom. The van der Waals surface area contributed by atoms with Crippen LogP contribution in [0, 0.1) is 5.41 Å². The smallest absolute Gasteiger partial charge is 0.311 e. The van der Waals surface area contributed by atoms with Gasteiger partial charge in [-0.25, -0.2) is 0 Å². The molecular weight excluding hydrogens is 182 g/mol. The normalized spacial score (nSPS) is 20.9. The van der Waals surface area contributed by atoms with Gasteiger partial charge in [0, 0.05) is 6.54 Å². The lowest BCUT2D eigenvalue weighted by Gasteiger charge is -2.27. The maximum atomic E-state index is 11.2. The van der Waals surface area contributed by atoms with Crippen LogP contribution >= 0.6 is 0 Å². The lowest BCUT2D eigenvalue weighted by Crippen LogP contribution is -2.40. The molecule has 2 N–H and O–H groups in total. The Labute approximate surface area is 83.7 Å². The molecule has 0 heterocycles. The fourth-order valence-electron chi connectivity index (χ4n) is 2.11. The Morgan fingerprint density at radius 1 is 1.29 bits per heavy atom. The molecule has 0 aliphatic heterocycles. The van der Waals surface area contributed by atoms with Crippen LogP contribution in [0.15, 0.2) is 0 Å². The molecule has 1 aliphatic carbocycles. The van der Waals surface area contributed by atoms with E-state index in [4.69, 9.17) is 0 Å². The molecule has 0 atom stereocenters. The van der Waals surface area contributed by atoms with E-state index in [2.05, 4.69) is 5.32 Å². The van der Waals surface area contributed by atoms with Gasteiger partial charge in [-0.05, 0) is 12.8 Å². The van der Waals surface area contributed by atoms with Gasteiger partial charge < -0.3 is 10.4 Å². The molecule has 1 fully saturated rings. The summed E-state index contributed by atoms with van der Waals surface area (Å²) in [5.41, 5.74) is -0.711. The fraction of sp³-hybridized carbons (Fsp3) is 0.800. The number of carboxylic acid groups (broad SMARTS) is 1. The highest BCUT2D eigenvalue weighted by Gasteiger charge is 2.38. The molecule has 1 aliphatic rings. The zero-order valence-electron chi connectivity index (χ0n) is 8.29. The molecule has 0 radical (unpaired) electrons. The fourth-order valence-corrected chi connectivity index (χ4v) is 2.11. The molecule has 80 valence electrons. The zero-order valence-corrected chi connectivity index (χ0v) is 8.29. The van der Waals surface area contributed by atoms with Gasteiger partial charge in [0.2, 0.25) is 6.41 Å². The summed E-state index contributed by atoms with van der Waals surface area (Å²) in [6, 6.07) is 0. The first kappa shape index (κ1) is 11.0. The molecule has 4 heteroatoms. The topological polar surface area (TPSA) is 66.4 Å². The van der Waals surface area contributed by atoms with Crippen LogP contribution in [0.5, 0.6) is 0 Å². The number of carbonyl (C=O) groups is 2. The summed E-state index contributed by atoms with van der Waals surface area (Å²) in [6.45, 7) is 0.270. The van der Waals surface area contributed by atoms with Crippen molar-refractivity contribution in [2.45, 2.75) is 38.5 Å². The van der Waals surface area contributed by atoms with E-state index in [1.807, 2.05) is 0 Å². The molecule has 0 bridgehead atoms. The number of rotatable bonds is 4. The minimum Gasteiger partial charge on any atom is -0.481 e. The van der Waals surface area contributed by atoms with Gasteiger partial charge in [-0.1, -0.05) is 25.7 Å². The van der Waals surface area contributed by atoms with Crippen molar-refractivity contribution in [3.8, 4) is 0 Å². The molecule has 1 amide bonds. The predicted octanol–water partition coefficient (Wildman–Crippen LogP) is 1.16. The minimum absolute atomic E-state index is 0.270. The number of hydrogen-bond acceptors (Lipinski definition) is 2. The summed E-state index contributed by atoms with van der Waals surface area (Å²) in [5, 5.41) is 11.7. The van der Waals surface area contributed by atoms with Crippen LogP contribution < -0.4 is 5.32 Å². The predicted molar refractivity (Wildman–Crippen MR) is 51.8 cm³/mol. The number of aliphatic carboxylic acids is 1. The second-order valence-electron chi connectivity index (χ2n) is 4.00. The van der Waals surface area contributed by atoms with Crippen LogP contribution in [0.4, 0.5) is 0 Å². The molecule has 1 saturated carbocycles. The quantitative estimate of drug-likeness (QED) is 0.527. The molecule has 0 unspecified atom stereocenters. The molecule has 0 aromatic rings. The van der Waals surface area contributed by atoms with E-state index < -0.39 is 11.4 Å². The zero-order chi connectivity index (χ0) is 10.4. The Bertz CT molecular complexity index is 207. The standard InChI is InChI=1S/C10H17NO3/c12-8-11-7-10(9(13)14)5-3-1-2-4-6-10/h8H,1-7H2,(H,11,12)(H,13,14). The second-order valence-corrected chi connectivity index (χ2v) is 4.00. The Hall–Kier alpha value is -1.06. The van der Waals surface area contributed by atoms with Gasteiger partial charge in [-0.15, -0.1) is 0 Å². The van der Waals surface area contributed by atoms with E-state index in [-0.39, 0.29) is 6.54 Å². The second kappa shape index (κ2) is 4.98. The number of carbonyl (C=O) groups excluding carboxylic acids is 1. The summed E-state index contributed by atoms with van der Waals surface area (Å²) < 4.78 is 0. The summed E-state index contributed by atoms with van der Waals surface area (Å²) in [5.74, 6) is -0.770. The summed E-state index contributed by atoms with van der Waals surface area (Å²) in [7, 11) is 0. The van der Waals surface area contributed by atoms with E-state index >= 15 is 0 Å². The first-order valence-electron chi connectivity index (χ1n) is 5.12. The monoisotopic (exact) mass is 199 g/mol. The van der Waals surface area contributed by atoms with Crippen LogP contribution in [-0.2, 0) is 9.59 Å². The number of hydrogen-bond donors (Lipinski definition) is 2. The van der Waals surface area contributed by atoms with Crippen molar-refractivity contribution in [2.75, 3.05) is 6.54 Å². The highest BCUT2D eigenvalue weighted by Crippen LogP contribution is 2.34. The van der Waals surface area contributed by atoms with Gasteiger partial charge in [0.1, 0.15) is 0 Å². The average molecular weight is 199 g/mol. The van der Waals surface area contributed by atoms with Gasteiger partial charge in [0.25, 0.3) is 0 Å². The van der Waals surface area contributed by atoms with Gasteiger partial charge in [0.05, 0.1) is 5.41 Å². The highest BCUT2D eigenvalue weighted by molar-refractivity contribution is 5.75. The maximum absolute atomic E-state index is 11.2. The molecule has 1 rings (SSSR count). The van der Waals surface area contributed by atoms with Crippen molar-refractivity contribution in [1.29, 1.82) is 0 Å². The van der Waals surface area contributed by atoms with Crippen molar-refractivity contribution < 1.29 is 14.7 Å². The average Bonchev–Trinajstić information content (AvgIpc) is 2.41. The molecule has 0 aromatic carbocycles. The van der Waals surface area contributed by atoms with Crippen molar-refractivity contribution in [3.05, 3.63) is 0 Å². The van der Waals surface area contributed by atoms with Gasteiger partial charge in [-0.2, -0.15) is 0 Å². The third kappa shape index (κ3) is 2.47. The van der Waals surface area contributed by atoms with E-state index in [0.29, 0.717) is 19.3 Å². The van der Waals surface area contributed by atoms with Gasteiger partial charge in [0.15, 0.2) is 0 Å². The molecule has 0 spiro atoms. The van der Waals surface area contributed by atoms with Crippen LogP contribution in [-0.4, -0.2) is 24.0 Å². The van der Waals surface area contributed by atoms with E-state index in [0.717, 1.165) is 25.7 Å². The van der Waals surface area contributed by atoms with E-state index in [1.165, 1.54) is 0 Å². The minimum atomic E-state index is -0.770. The Balaban J connectivity index is 2.66. The van der Waals surface area contributed by atoms with Gasteiger partial charge in [-0.3, -0.25) is 9.59 Å². The molecule has 0 aromatic heterocycles. The maximum Gasteiger partial charge on any atom is 0.311 e. The Morgan fingerprint density at radius 2 is 1.86 bits per heavy atom. The van der Waals surface area contributed by atoms with Crippen LogP contribution in [0.25, 0.3) is 0 Å². The van der Waals surface area contributed by atoms with Gasteiger partial charge >= 0.3 is 5.97 Å². The van der Waals surface area contributed by atoms with E-state index in [1.54, 1.807) is 0 Å². The number of carboxylic acids is 1. The molecule has 0 saturated heterocycles. The Kier molecular flexibility index (Phi) is 3.92. The summed E-state index contributed by atoms with van der Waals surface area (Å²) in [4.78, 5) is 21.4. The summed E-state index contributed by atoms with van der Waals surface area (Å²) in [6.07, 6.45) is 6.06. The third-order valence-corrected chi connectivity index (χ3v) is 3.04. The third-order valence-electron chi connectivity index (χ3n) is 3.04. The van der Waals surface area contributed by atoms with Crippen LogP contribution in [0.2, 0.25) is 0 Å². The van der Waals surface area contributed by atoms with Crippen LogP contribution in [0.3, 0.4) is 0 Å². The van der Waals surface area contributed by atoms with Crippen molar-refractivity contribution in [3.63, 3.8) is 0 Å². The molecular formula is C10H17NO3.